The van der Waals surface area contributed by atoms with Crippen molar-refractivity contribution in [3.05, 3.63) is 106 Å². The zero-order valence-corrected chi connectivity index (χ0v) is 21.8. The lowest BCUT2D eigenvalue weighted by molar-refractivity contribution is 0.196. The first-order valence-electron chi connectivity index (χ1n) is 11.9. The van der Waals surface area contributed by atoms with Crippen LogP contribution in [0.4, 0.5) is 5.69 Å². The number of furan rings is 1. The molecule has 1 unspecified atom stereocenters. The summed E-state index contributed by atoms with van der Waals surface area (Å²) in [7, 11) is 0. The molecule has 0 bridgehead atoms. The molecule has 8 heteroatoms. The molecule has 37 heavy (non-hydrogen) atoms. The minimum absolute atomic E-state index is 0.403. The summed E-state index contributed by atoms with van der Waals surface area (Å²) in [5.74, 6) is 2.46. The van der Waals surface area contributed by atoms with Crippen LogP contribution in [0.15, 0.2) is 88.4 Å². The summed E-state index contributed by atoms with van der Waals surface area (Å²) < 4.78 is 12.6. The number of fused-ring (bicyclic) bond motifs is 3. The molecule has 0 fully saturated rings. The van der Waals surface area contributed by atoms with Gasteiger partial charge in [0.1, 0.15) is 5.76 Å². The maximum Gasteiger partial charge on any atom is 0.247 e. The van der Waals surface area contributed by atoms with Crippen molar-refractivity contribution < 1.29 is 9.15 Å². The molecule has 0 spiro atoms. The first-order chi connectivity index (χ1) is 18.0. The van der Waals surface area contributed by atoms with E-state index in [1.165, 1.54) is 22.9 Å². The normalized spacial score (nSPS) is 14.2. The van der Waals surface area contributed by atoms with Crippen molar-refractivity contribution >= 4 is 29.1 Å². The van der Waals surface area contributed by atoms with Crippen LogP contribution in [0.25, 0.3) is 22.6 Å². The Kier molecular flexibility index (Phi) is 6.32. The largest absolute Gasteiger partial charge is 0.455 e. The van der Waals surface area contributed by atoms with Crippen molar-refractivity contribution in [1.29, 1.82) is 0 Å². The molecular weight excluding hydrogens is 504 g/mol. The number of hydrogen-bond acceptors (Lipinski definition) is 7. The van der Waals surface area contributed by atoms with Crippen LogP contribution < -0.4 is 10.1 Å². The first kappa shape index (κ1) is 23.6. The van der Waals surface area contributed by atoms with Gasteiger partial charge >= 0.3 is 0 Å². The van der Waals surface area contributed by atoms with E-state index in [-0.39, 0.29) is 0 Å². The molecule has 0 amide bonds. The number of aromatic nitrogens is 3. The van der Waals surface area contributed by atoms with E-state index in [1.54, 1.807) is 0 Å². The molecule has 0 aliphatic carbocycles. The van der Waals surface area contributed by atoms with E-state index in [0.717, 1.165) is 28.1 Å². The molecule has 5 aromatic rings. The first-order valence-corrected chi connectivity index (χ1v) is 13.2. The Labute approximate surface area is 224 Å². The Balaban J connectivity index is 1.31. The van der Waals surface area contributed by atoms with Gasteiger partial charge in [-0.1, -0.05) is 83.5 Å². The van der Waals surface area contributed by atoms with Gasteiger partial charge in [-0.15, -0.1) is 10.2 Å². The minimum Gasteiger partial charge on any atom is -0.455 e. The van der Waals surface area contributed by atoms with E-state index in [1.807, 2.05) is 61.5 Å². The third-order valence-electron chi connectivity index (χ3n) is 6.16. The predicted molar refractivity (Wildman–Crippen MR) is 147 cm³/mol. The molecule has 0 radical (unpaired) electrons. The second kappa shape index (κ2) is 9.92. The molecule has 2 aromatic heterocycles. The van der Waals surface area contributed by atoms with Crippen molar-refractivity contribution in [1.82, 2.24) is 15.2 Å². The lowest BCUT2D eigenvalue weighted by atomic mass is 10.1. The number of aryl methyl sites for hydroxylation is 2. The van der Waals surface area contributed by atoms with Gasteiger partial charge in [0, 0.05) is 27.6 Å². The Morgan fingerprint density at radius 3 is 2.62 bits per heavy atom. The average Bonchev–Trinajstić information content (AvgIpc) is 3.34. The summed E-state index contributed by atoms with van der Waals surface area (Å²) in [6.07, 6.45) is -0.608. The van der Waals surface area contributed by atoms with Crippen LogP contribution in [0.3, 0.4) is 0 Å². The number of anilines is 1. The zero-order valence-electron chi connectivity index (χ0n) is 20.2. The van der Waals surface area contributed by atoms with Gasteiger partial charge in [0.05, 0.1) is 0 Å². The van der Waals surface area contributed by atoms with Crippen molar-refractivity contribution in [2.24, 2.45) is 0 Å². The smallest absolute Gasteiger partial charge is 0.247 e. The zero-order chi connectivity index (χ0) is 25.4. The average molecular weight is 527 g/mol. The summed E-state index contributed by atoms with van der Waals surface area (Å²) in [6.45, 7) is 4.05. The number of ether oxygens (including phenoxy) is 1. The SMILES string of the molecule is Cc1ccc(CSc2nnc3c(n2)OC(c2ccc(-c4ccc(C)c(Cl)c4)o2)Nc2ccccc2-3)cc1. The number of benzene rings is 3. The number of rotatable bonds is 5. The van der Waals surface area contributed by atoms with Gasteiger partial charge in [0.2, 0.25) is 17.3 Å². The van der Waals surface area contributed by atoms with Crippen LogP contribution in [0.5, 0.6) is 5.88 Å². The van der Waals surface area contributed by atoms with Gasteiger partial charge < -0.3 is 14.5 Å². The Morgan fingerprint density at radius 1 is 0.946 bits per heavy atom. The molecule has 1 aliphatic rings. The van der Waals surface area contributed by atoms with E-state index in [2.05, 4.69) is 46.7 Å². The highest BCUT2D eigenvalue weighted by Gasteiger charge is 2.28. The van der Waals surface area contributed by atoms with Gasteiger partial charge in [0.15, 0.2) is 11.5 Å². The number of para-hydroxylation sites is 1. The Hall–Kier alpha value is -3.81. The van der Waals surface area contributed by atoms with Gasteiger partial charge in [-0.05, 0) is 49.2 Å². The molecule has 1 aliphatic heterocycles. The summed E-state index contributed by atoms with van der Waals surface area (Å²) >= 11 is 7.86. The minimum atomic E-state index is -0.608. The maximum atomic E-state index is 6.37. The van der Waals surface area contributed by atoms with Crippen LogP contribution in [-0.4, -0.2) is 15.2 Å². The lowest BCUT2D eigenvalue weighted by Gasteiger charge is -2.16. The number of halogens is 1. The van der Waals surface area contributed by atoms with Crippen LogP contribution >= 0.6 is 23.4 Å². The fraction of sp³-hybridized carbons (Fsp3) is 0.138. The summed E-state index contributed by atoms with van der Waals surface area (Å²) in [6, 6.07) is 26.0. The number of hydrogen-bond donors (Lipinski definition) is 1. The third kappa shape index (κ3) is 4.92. The molecule has 0 saturated carbocycles. The Bertz CT molecular complexity index is 1590. The Morgan fingerprint density at radius 2 is 1.78 bits per heavy atom. The topological polar surface area (TPSA) is 73.1 Å². The number of nitrogens with one attached hydrogen (secondary N) is 1. The van der Waals surface area contributed by atoms with Crippen molar-refractivity contribution in [2.75, 3.05) is 5.32 Å². The fourth-order valence-corrected chi connectivity index (χ4v) is 4.98. The van der Waals surface area contributed by atoms with Crippen molar-refractivity contribution in [3.8, 4) is 28.5 Å². The highest BCUT2D eigenvalue weighted by molar-refractivity contribution is 7.98. The highest BCUT2D eigenvalue weighted by atomic mass is 35.5. The second-order valence-corrected chi connectivity index (χ2v) is 10.2. The van der Waals surface area contributed by atoms with E-state index in [9.17, 15) is 0 Å². The van der Waals surface area contributed by atoms with E-state index in [0.29, 0.717) is 33.3 Å². The summed E-state index contributed by atoms with van der Waals surface area (Å²) in [5.41, 5.74) is 6.65. The molecule has 6 rings (SSSR count). The van der Waals surface area contributed by atoms with E-state index < -0.39 is 6.23 Å². The molecule has 6 nitrogen and oxygen atoms in total. The van der Waals surface area contributed by atoms with Gasteiger partial charge in [-0.25, -0.2) is 0 Å². The monoisotopic (exact) mass is 526 g/mol. The summed E-state index contributed by atoms with van der Waals surface area (Å²) in [5, 5.41) is 13.6. The predicted octanol–water partition coefficient (Wildman–Crippen LogP) is 7.86. The quantitative estimate of drug-likeness (QED) is 0.233. The van der Waals surface area contributed by atoms with E-state index >= 15 is 0 Å². The molecular formula is C29H23ClN4O2S. The molecule has 184 valence electrons. The molecule has 3 aromatic carbocycles. The lowest BCUT2D eigenvalue weighted by Crippen LogP contribution is -2.16. The van der Waals surface area contributed by atoms with Crippen molar-refractivity contribution in [2.45, 2.75) is 31.0 Å². The van der Waals surface area contributed by atoms with Crippen LogP contribution in [0, 0.1) is 13.8 Å². The third-order valence-corrected chi connectivity index (χ3v) is 7.48. The van der Waals surface area contributed by atoms with Gasteiger partial charge in [0.25, 0.3) is 0 Å². The van der Waals surface area contributed by atoms with E-state index in [4.69, 9.17) is 25.7 Å². The van der Waals surface area contributed by atoms with Gasteiger partial charge in [-0.2, -0.15) is 4.98 Å². The molecule has 1 atom stereocenters. The standard InChI is InChI=1S/C29H23ClN4O2S/c1-17-7-10-19(11-8-17)16-37-29-32-28-26(33-34-29)21-5-3-4-6-23(21)31-27(36-28)25-14-13-24(35-25)20-12-9-18(2)22(30)15-20/h3-15,27,31H,16H2,1-2H3. The number of thioether (sulfide) groups is 1. The fourth-order valence-electron chi connectivity index (χ4n) is 4.06. The van der Waals surface area contributed by atoms with Crippen molar-refractivity contribution in [3.63, 3.8) is 0 Å². The van der Waals surface area contributed by atoms with Crippen LogP contribution in [0.2, 0.25) is 5.02 Å². The van der Waals surface area contributed by atoms with Crippen LogP contribution in [-0.2, 0) is 5.75 Å². The second-order valence-electron chi connectivity index (χ2n) is 8.88. The molecule has 3 heterocycles. The summed E-state index contributed by atoms with van der Waals surface area (Å²) in [4.78, 5) is 4.73. The highest BCUT2D eigenvalue weighted by Crippen LogP contribution is 2.40. The molecule has 0 saturated heterocycles. The molecule has 1 N–H and O–H groups in total. The van der Waals surface area contributed by atoms with Gasteiger partial charge in [-0.3, -0.25) is 0 Å². The number of nitrogens with zero attached hydrogens (tertiary/aromatic N) is 3. The maximum absolute atomic E-state index is 6.37. The van der Waals surface area contributed by atoms with Crippen LogP contribution in [0.1, 0.15) is 28.7 Å².